The zero-order valence-electron chi connectivity index (χ0n) is 14.8. The second-order valence-electron chi connectivity index (χ2n) is 5.76. The van der Waals surface area contributed by atoms with Gasteiger partial charge in [0.1, 0.15) is 5.69 Å². The van der Waals surface area contributed by atoms with E-state index >= 15 is 0 Å². The number of hydrogen-bond acceptors (Lipinski definition) is 4. The minimum atomic E-state index is -0.0970. The highest BCUT2D eigenvalue weighted by Gasteiger charge is 2.16. The summed E-state index contributed by atoms with van der Waals surface area (Å²) in [7, 11) is 0. The number of nitrogens with zero attached hydrogens (tertiary/aromatic N) is 3. The lowest BCUT2D eigenvalue weighted by molar-refractivity contribution is 0.0767. The molecule has 0 aliphatic rings. The van der Waals surface area contributed by atoms with Crippen molar-refractivity contribution in [2.45, 2.75) is 34.6 Å². The fourth-order valence-electron chi connectivity index (χ4n) is 2.59. The van der Waals surface area contributed by atoms with E-state index in [4.69, 9.17) is 11.6 Å². The van der Waals surface area contributed by atoms with Crippen LogP contribution in [-0.2, 0) is 0 Å². The molecular formula is C18H23ClN4O. The van der Waals surface area contributed by atoms with Gasteiger partial charge in [-0.05, 0) is 57.9 Å². The van der Waals surface area contributed by atoms with Gasteiger partial charge in [0.2, 0.25) is 5.95 Å². The number of nitrogens with one attached hydrogen (secondary N) is 1. The Morgan fingerprint density at radius 3 is 2.38 bits per heavy atom. The molecule has 1 N–H and O–H groups in total. The van der Waals surface area contributed by atoms with Crippen molar-refractivity contribution in [2.75, 3.05) is 18.4 Å². The van der Waals surface area contributed by atoms with Gasteiger partial charge in [0.15, 0.2) is 0 Å². The van der Waals surface area contributed by atoms with Gasteiger partial charge in [0, 0.05) is 18.8 Å². The third-order valence-electron chi connectivity index (χ3n) is 3.79. The third-order valence-corrected chi connectivity index (χ3v) is 4.09. The van der Waals surface area contributed by atoms with Crippen molar-refractivity contribution in [2.24, 2.45) is 0 Å². The number of amides is 1. The summed E-state index contributed by atoms with van der Waals surface area (Å²) in [6.45, 7) is 11.0. The fraction of sp³-hybridized carbons (Fsp3) is 0.389. The second-order valence-corrected chi connectivity index (χ2v) is 6.17. The van der Waals surface area contributed by atoms with Gasteiger partial charge in [0.05, 0.1) is 10.7 Å². The van der Waals surface area contributed by atoms with Crippen molar-refractivity contribution >= 4 is 29.1 Å². The molecule has 1 amide bonds. The number of benzene rings is 1. The van der Waals surface area contributed by atoms with E-state index in [1.54, 1.807) is 11.0 Å². The molecule has 0 aliphatic heterocycles. The summed E-state index contributed by atoms with van der Waals surface area (Å²) in [5.74, 6) is 0.277. The standard InChI is InChI=1S/C18H23ClN4O/c1-6-23(7-2)17(24)15-10-13(5)20-18(21-15)22-16-12(4)8-11(3)9-14(16)19/h8-10H,6-7H2,1-5H3,(H,20,21,22). The largest absolute Gasteiger partial charge is 0.338 e. The van der Waals surface area contributed by atoms with Gasteiger partial charge in [-0.2, -0.15) is 0 Å². The van der Waals surface area contributed by atoms with Gasteiger partial charge in [-0.25, -0.2) is 9.97 Å². The van der Waals surface area contributed by atoms with E-state index in [1.807, 2.05) is 46.8 Å². The molecule has 0 radical (unpaired) electrons. The predicted octanol–water partition coefficient (Wildman–Crippen LogP) is 4.28. The van der Waals surface area contributed by atoms with Crippen LogP contribution in [0.4, 0.5) is 11.6 Å². The van der Waals surface area contributed by atoms with Gasteiger partial charge < -0.3 is 10.2 Å². The molecule has 1 aromatic heterocycles. The van der Waals surface area contributed by atoms with Crippen molar-refractivity contribution in [3.8, 4) is 0 Å². The van der Waals surface area contributed by atoms with E-state index in [9.17, 15) is 4.79 Å². The number of carbonyl (C=O) groups is 1. The van der Waals surface area contributed by atoms with Crippen molar-refractivity contribution in [3.05, 3.63) is 45.7 Å². The molecule has 6 heteroatoms. The second kappa shape index (κ2) is 7.62. The first kappa shape index (κ1) is 18.2. The number of halogens is 1. The van der Waals surface area contributed by atoms with Crippen LogP contribution < -0.4 is 5.32 Å². The molecule has 5 nitrogen and oxygen atoms in total. The lowest BCUT2D eigenvalue weighted by Crippen LogP contribution is -2.31. The van der Waals surface area contributed by atoms with Crippen LogP contribution in [0.2, 0.25) is 5.02 Å². The zero-order chi connectivity index (χ0) is 17.9. The topological polar surface area (TPSA) is 58.1 Å². The van der Waals surface area contributed by atoms with E-state index in [1.165, 1.54) is 0 Å². The van der Waals surface area contributed by atoms with Crippen LogP contribution in [0, 0.1) is 20.8 Å². The molecule has 0 spiro atoms. The van der Waals surface area contributed by atoms with E-state index in [0.29, 0.717) is 29.8 Å². The Hall–Kier alpha value is -2.14. The summed E-state index contributed by atoms with van der Waals surface area (Å²) in [5.41, 5.74) is 3.96. The van der Waals surface area contributed by atoms with E-state index in [2.05, 4.69) is 15.3 Å². The van der Waals surface area contributed by atoms with Crippen LogP contribution >= 0.6 is 11.6 Å². The number of carbonyl (C=O) groups excluding carboxylic acids is 1. The molecule has 1 heterocycles. The number of aromatic nitrogens is 2. The summed E-state index contributed by atoms with van der Waals surface area (Å²) in [5, 5.41) is 3.76. The van der Waals surface area contributed by atoms with Gasteiger partial charge in [-0.1, -0.05) is 17.7 Å². The van der Waals surface area contributed by atoms with Gasteiger partial charge in [0.25, 0.3) is 5.91 Å². The van der Waals surface area contributed by atoms with Gasteiger partial charge in [-0.3, -0.25) is 4.79 Å². The highest BCUT2D eigenvalue weighted by Crippen LogP contribution is 2.29. The van der Waals surface area contributed by atoms with Crippen molar-refractivity contribution < 1.29 is 4.79 Å². The first-order chi connectivity index (χ1) is 11.3. The smallest absolute Gasteiger partial charge is 0.272 e. The molecule has 0 atom stereocenters. The van der Waals surface area contributed by atoms with Crippen LogP contribution in [0.15, 0.2) is 18.2 Å². The summed E-state index contributed by atoms with van der Waals surface area (Å²) in [6.07, 6.45) is 0. The number of anilines is 2. The van der Waals surface area contributed by atoms with Crippen LogP contribution in [0.1, 0.15) is 41.2 Å². The molecule has 2 rings (SSSR count). The highest BCUT2D eigenvalue weighted by atomic mass is 35.5. The summed E-state index contributed by atoms with van der Waals surface area (Å²) in [4.78, 5) is 23.0. The molecule has 1 aromatic carbocycles. The average Bonchev–Trinajstić information content (AvgIpc) is 2.51. The Kier molecular flexibility index (Phi) is 5.78. The Labute approximate surface area is 148 Å². The molecule has 0 fully saturated rings. The predicted molar refractivity (Wildman–Crippen MR) is 98.2 cm³/mol. The maximum atomic E-state index is 12.5. The normalized spacial score (nSPS) is 10.6. The quantitative estimate of drug-likeness (QED) is 0.877. The fourth-order valence-corrected chi connectivity index (χ4v) is 2.96. The number of aryl methyl sites for hydroxylation is 3. The lowest BCUT2D eigenvalue weighted by Gasteiger charge is -2.19. The van der Waals surface area contributed by atoms with Crippen LogP contribution in [0.5, 0.6) is 0 Å². The van der Waals surface area contributed by atoms with Crippen LogP contribution in [-0.4, -0.2) is 33.9 Å². The summed E-state index contributed by atoms with van der Waals surface area (Å²) >= 11 is 6.33. The van der Waals surface area contributed by atoms with Crippen molar-refractivity contribution in [1.82, 2.24) is 14.9 Å². The van der Waals surface area contributed by atoms with E-state index in [-0.39, 0.29) is 5.91 Å². The Morgan fingerprint density at radius 1 is 1.12 bits per heavy atom. The first-order valence-corrected chi connectivity index (χ1v) is 8.42. The van der Waals surface area contributed by atoms with Crippen molar-refractivity contribution in [3.63, 3.8) is 0 Å². The van der Waals surface area contributed by atoms with Gasteiger partial charge >= 0.3 is 0 Å². The number of hydrogen-bond donors (Lipinski definition) is 1. The van der Waals surface area contributed by atoms with Gasteiger partial charge in [-0.15, -0.1) is 0 Å². The summed E-state index contributed by atoms with van der Waals surface area (Å²) in [6, 6.07) is 5.62. The minimum Gasteiger partial charge on any atom is -0.338 e. The molecule has 0 saturated carbocycles. The Morgan fingerprint density at radius 2 is 1.79 bits per heavy atom. The molecular weight excluding hydrogens is 324 g/mol. The maximum absolute atomic E-state index is 12.5. The monoisotopic (exact) mass is 346 g/mol. The third kappa shape index (κ3) is 4.03. The first-order valence-electron chi connectivity index (χ1n) is 8.04. The molecule has 0 unspecified atom stereocenters. The van der Waals surface area contributed by atoms with E-state index < -0.39 is 0 Å². The number of rotatable bonds is 5. The Balaban J connectivity index is 2.38. The van der Waals surface area contributed by atoms with Crippen molar-refractivity contribution in [1.29, 1.82) is 0 Å². The maximum Gasteiger partial charge on any atom is 0.272 e. The van der Waals surface area contributed by atoms with Crippen LogP contribution in [0.25, 0.3) is 0 Å². The van der Waals surface area contributed by atoms with E-state index in [0.717, 1.165) is 22.5 Å². The lowest BCUT2D eigenvalue weighted by atomic mass is 10.1. The molecule has 0 aliphatic carbocycles. The SMILES string of the molecule is CCN(CC)C(=O)c1cc(C)nc(Nc2c(C)cc(C)cc2Cl)n1. The molecule has 128 valence electrons. The molecule has 0 saturated heterocycles. The molecule has 24 heavy (non-hydrogen) atoms. The molecule has 2 aromatic rings. The molecule has 0 bridgehead atoms. The Bertz CT molecular complexity index is 734. The summed E-state index contributed by atoms with van der Waals surface area (Å²) < 4.78 is 0. The van der Waals surface area contributed by atoms with Crippen LogP contribution in [0.3, 0.4) is 0 Å². The highest BCUT2D eigenvalue weighted by molar-refractivity contribution is 6.33. The zero-order valence-corrected chi connectivity index (χ0v) is 15.5. The average molecular weight is 347 g/mol. The minimum absolute atomic E-state index is 0.0970.